The molecule has 0 radical (unpaired) electrons. The van der Waals surface area contributed by atoms with E-state index in [1.807, 2.05) is 0 Å². The summed E-state index contributed by atoms with van der Waals surface area (Å²) in [7, 11) is 0. The third-order valence-corrected chi connectivity index (χ3v) is 2.34. The predicted molar refractivity (Wildman–Crippen MR) is 65.0 cm³/mol. The second kappa shape index (κ2) is 14.1. The minimum absolute atomic E-state index is 0. The van der Waals surface area contributed by atoms with E-state index in [0.29, 0.717) is 4.32 Å². The molecule has 0 aliphatic rings. The molecule has 0 saturated carbocycles. The maximum Gasteiger partial charge on any atom is 1.00 e. The molecule has 0 aliphatic carbocycles. The molecule has 0 bridgehead atoms. The average Bonchev–Trinajstić information content (AvgIpc) is 2.04. The van der Waals surface area contributed by atoms with Gasteiger partial charge in [-0.05, 0) is 12.8 Å². The summed E-state index contributed by atoms with van der Waals surface area (Å²) in [5.41, 5.74) is 0. The van der Waals surface area contributed by atoms with Gasteiger partial charge in [0.2, 0.25) is 0 Å². The maximum atomic E-state index is 4.98. The molecule has 5 heteroatoms. The van der Waals surface area contributed by atoms with Crippen molar-refractivity contribution in [2.45, 2.75) is 39.5 Å². The van der Waals surface area contributed by atoms with Gasteiger partial charge in [-0.25, -0.2) is 0 Å². The molecule has 0 aromatic carbocycles. The van der Waals surface area contributed by atoms with Crippen molar-refractivity contribution in [3.8, 4) is 0 Å². The van der Waals surface area contributed by atoms with Gasteiger partial charge in [0.05, 0.1) is 0 Å². The number of hydrogen-bond acceptors (Lipinski definition) is 2. The molecule has 0 spiro atoms. The maximum absolute atomic E-state index is 4.98. The summed E-state index contributed by atoms with van der Waals surface area (Å²) in [6.07, 6.45) is 4.81. The quantitative estimate of drug-likeness (QED) is 0.338. The van der Waals surface area contributed by atoms with E-state index >= 15 is 0 Å². The summed E-state index contributed by atoms with van der Waals surface area (Å²) < 4.78 is 0.636. The molecule has 2 N–H and O–H groups in total. The minimum Gasteiger partial charge on any atom is -0.412 e. The van der Waals surface area contributed by atoms with Crippen LogP contribution in [0.15, 0.2) is 0 Å². The van der Waals surface area contributed by atoms with Crippen molar-refractivity contribution in [1.29, 1.82) is 0 Å². The molecule has 80 valence electrons. The van der Waals surface area contributed by atoms with E-state index in [2.05, 4.69) is 18.7 Å². The Morgan fingerprint density at radius 1 is 1.14 bits per heavy atom. The van der Waals surface area contributed by atoms with Crippen molar-refractivity contribution in [2.24, 2.45) is 0 Å². The summed E-state index contributed by atoms with van der Waals surface area (Å²) in [6.45, 7) is 6.45. The molecule has 0 saturated heterocycles. The van der Waals surface area contributed by atoms with E-state index in [9.17, 15) is 0 Å². The van der Waals surface area contributed by atoms with Crippen molar-refractivity contribution in [2.75, 3.05) is 13.1 Å². The molecule has 0 unspecified atom stereocenters. The zero-order chi connectivity index (χ0) is 9.40. The van der Waals surface area contributed by atoms with Gasteiger partial charge in [-0.2, -0.15) is 0 Å². The fourth-order valence-corrected chi connectivity index (χ4v) is 1.36. The molecule has 0 aromatic heterocycles. The molecule has 0 aromatic rings. The van der Waals surface area contributed by atoms with Crippen LogP contribution in [0.4, 0.5) is 0 Å². The van der Waals surface area contributed by atoms with Crippen LogP contribution in [0.2, 0.25) is 0 Å². The number of thiocarbonyl (C=S) groups is 1. The zero-order valence-corrected chi connectivity index (χ0v) is 13.1. The van der Waals surface area contributed by atoms with E-state index in [1.165, 1.54) is 25.7 Å². The molecular formula is C9H20NNaOS2. The Kier molecular flexibility index (Phi) is 20.6. The van der Waals surface area contributed by atoms with E-state index in [1.54, 1.807) is 0 Å². The molecule has 0 atom stereocenters. The Morgan fingerprint density at radius 2 is 1.50 bits per heavy atom. The second-order valence-electron chi connectivity index (χ2n) is 2.96. The Morgan fingerprint density at radius 3 is 1.71 bits per heavy atom. The fraction of sp³-hybridized carbons (Fsp3) is 0.889. The number of rotatable bonds is 6. The van der Waals surface area contributed by atoms with Gasteiger partial charge in [0.15, 0.2) is 0 Å². The van der Waals surface area contributed by atoms with E-state index in [0.717, 1.165) is 13.1 Å². The Labute approximate surface area is 121 Å². The van der Waals surface area contributed by atoms with Crippen LogP contribution in [-0.4, -0.2) is 27.8 Å². The molecule has 0 amide bonds. The van der Waals surface area contributed by atoms with E-state index in [-0.39, 0.29) is 35.0 Å². The van der Waals surface area contributed by atoms with Crippen LogP contribution in [0, 0.1) is 0 Å². The molecule has 0 heterocycles. The van der Waals surface area contributed by atoms with Crippen LogP contribution in [0.5, 0.6) is 0 Å². The van der Waals surface area contributed by atoms with Crippen molar-refractivity contribution in [3.63, 3.8) is 0 Å². The average molecular weight is 245 g/mol. The Balaban J connectivity index is -0.000000605. The normalized spacial score (nSPS) is 8.43. The topological polar surface area (TPSA) is 34.7 Å². The van der Waals surface area contributed by atoms with Gasteiger partial charge in [-0.15, -0.1) is 0 Å². The van der Waals surface area contributed by atoms with Crippen molar-refractivity contribution >= 4 is 29.2 Å². The first-order valence-electron chi connectivity index (χ1n) is 4.68. The van der Waals surface area contributed by atoms with Gasteiger partial charge < -0.3 is 35.2 Å². The summed E-state index contributed by atoms with van der Waals surface area (Å²) in [6, 6.07) is 0. The SMILES string of the molecule is CCCCN(CCCC)C(=S)[S-].O.[Na+]. The molecule has 0 aliphatic heterocycles. The zero-order valence-electron chi connectivity index (χ0n) is 9.51. The first-order chi connectivity index (χ1) is 5.72. The van der Waals surface area contributed by atoms with Gasteiger partial charge in [0.25, 0.3) is 0 Å². The van der Waals surface area contributed by atoms with Gasteiger partial charge in [0.1, 0.15) is 0 Å². The van der Waals surface area contributed by atoms with Crippen molar-refractivity contribution < 1.29 is 35.0 Å². The standard InChI is InChI=1S/C9H19NS2.Na.H2O/c1-3-5-7-10(9(11)12)8-6-4-2;;/h3-8H2,1-2H3,(H,11,12);;1H2/q;+1;/p-1. The van der Waals surface area contributed by atoms with Crippen LogP contribution in [0.25, 0.3) is 0 Å². The van der Waals surface area contributed by atoms with Crippen LogP contribution in [0.1, 0.15) is 39.5 Å². The monoisotopic (exact) mass is 245 g/mol. The number of nitrogens with zero attached hydrogens (tertiary/aromatic N) is 1. The van der Waals surface area contributed by atoms with E-state index in [4.69, 9.17) is 24.8 Å². The summed E-state index contributed by atoms with van der Waals surface area (Å²) in [5.74, 6) is 0. The smallest absolute Gasteiger partial charge is 0.412 e. The second-order valence-corrected chi connectivity index (χ2v) is 3.99. The van der Waals surface area contributed by atoms with Crippen LogP contribution >= 0.6 is 12.2 Å². The fourth-order valence-electron chi connectivity index (χ4n) is 0.992. The van der Waals surface area contributed by atoms with Gasteiger partial charge in [-0.3, -0.25) is 0 Å². The first kappa shape index (κ1) is 20.5. The molecule has 14 heavy (non-hydrogen) atoms. The molecule has 2 nitrogen and oxygen atoms in total. The third kappa shape index (κ3) is 11.1. The van der Waals surface area contributed by atoms with Crippen molar-refractivity contribution in [1.82, 2.24) is 4.90 Å². The molecule has 0 fully saturated rings. The molecular weight excluding hydrogens is 225 g/mol. The predicted octanol–water partition coefficient (Wildman–Crippen LogP) is -1.10. The van der Waals surface area contributed by atoms with Crippen LogP contribution in [0.3, 0.4) is 0 Å². The van der Waals surface area contributed by atoms with Gasteiger partial charge >= 0.3 is 29.6 Å². The molecule has 0 rings (SSSR count). The summed E-state index contributed by atoms with van der Waals surface area (Å²) in [4.78, 5) is 2.14. The summed E-state index contributed by atoms with van der Waals surface area (Å²) in [5, 5.41) is 0. The van der Waals surface area contributed by atoms with Crippen molar-refractivity contribution in [3.05, 3.63) is 0 Å². The van der Waals surface area contributed by atoms with E-state index < -0.39 is 0 Å². The van der Waals surface area contributed by atoms with Crippen LogP contribution in [-0.2, 0) is 12.6 Å². The largest absolute Gasteiger partial charge is 1.00 e. The first-order valence-corrected chi connectivity index (χ1v) is 5.50. The van der Waals surface area contributed by atoms with Crippen LogP contribution < -0.4 is 29.6 Å². The number of hydrogen-bond donors (Lipinski definition) is 0. The minimum atomic E-state index is 0. The number of unbranched alkanes of at least 4 members (excludes halogenated alkanes) is 2. The Bertz CT molecular complexity index is 128. The Hall–Kier alpha value is 1.07. The van der Waals surface area contributed by atoms with Gasteiger partial charge in [-0.1, -0.05) is 31.0 Å². The third-order valence-electron chi connectivity index (χ3n) is 1.82. The van der Waals surface area contributed by atoms with Gasteiger partial charge in [0, 0.05) is 13.1 Å². The summed E-state index contributed by atoms with van der Waals surface area (Å²) >= 11 is 9.97.